The van der Waals surface area contributed by atoms with Crippen LogP contribution in [0.3, 0.4) is 0 Å². The van der Waals surface area contributed by atoms with Crippen molar-refractivity contribution in [2.75, 3.05) is 20.1 Å². The maximum Gasteiger partial charge on any atom is 0.374 e. The van der Waals surface area contributed by atoms with Crippen LogP contribution in [0.2, 0.25) is 5.02 Å². The van der Waals surface area contributed by atoms with Crippen LogP contribution in [-0.2, 0) is 0 Å². The van der Waals surface area contributed by atoms with Crippen LogP contribution in [-0.4, -0.2) is 41.3 Å². The molecule has 1 N–H and O–H groups in total. The molecule has 1 unspecified atom stereocenters. The number of hydrogen-bond donors (Lipinski definition) is 1. The molecule has 110 valence electrons. The Labute approximate surface area is 127 Å². The number of halogens is 1. The fourth-order valence-corrected chi connectivity index (χ4v) is 3.05. The maximum absolute atomic E-state index is 10.8. The molecule has 0 radical (unpaired) electrons. The molecule has 21 heavy (non-hydrogen) atoms. The number of rotatable bonds is 3. The van der Waals surface area contributed by atoms with Gasteiger partial charge >= 0.3 is 5.97 Å². The number of carboxylic acids is 1. The molecule has 5 nitrogen and oxygen atoms in total. The molecule has 1 aliphatic heterocycles. The van der Waals surface area contributed by atoms with E-state index in [4.69, 9.17) is 21.2 Å². The summed E-state index contributed by atoms with van der Waals surface area (Å²) >= 11 is 6.38. The zero-order chi connectivity index (χ0) is 15.0. The van der Waals surface area contributed by atoms with Gasteiger partial charge in [-0.15, -0.1) is 0 Å². The monoisotopic (exact) mass is 306 g/mol. The minimum atomic E-state index is -1.13. The van der Waals surface area contributed by atoms with E-state index in [-0.39, 0.29) is 5.76 Å². The average molecular weight is 307 g/mol. The molecule has 1 fully saturated rings. The van der Waals surface area contributed by atoms with E-state index in [2.05, 4.69) is 17.1 Å². The van der Waals surface area contributed by atoms with Gasteiger partial charge in [0.25, 0.3) is 0 Å². The summed E-state index contributed by atoms with van der Waals surface area (Å²) in [5, 5.41) is 13.3. The SMILES string of the molecule is CN1CCC(c2ccc(-c3cc(C(=O)O)on3)cc2Cl)C1. The molecule has 0 amide bonds. The van der Waals surface area contributed by atoms with Gasteiger partial charge in [-0.2, -0.15) is 0 Å². The van der Waals surface area contributed by atoms with Gasteiger partial charge in [0.15, 0.2) is 0 Å². The summed E-state index contributed by atoms with van der Waals surface area (Å²) in [6, 6.07) is 7.12. The molecule has 2 aromatic rings. The first-order chi connectivity index (χ1) is 10.0. The molecule has 1 aliphatic rings. The predicted octanol–water partition coefficient (Wildman–Crippen LogP) is 3.11. The van der Waals surface area contributed by atoms with Crippen LogP contribution in [0.25, 0.3) is 11.3 Å². The largest absolute Gasteiger partial charge is 0.475 e. The molecular weight excluding hydrogens is 292 g/mol. The van der Waals surface area contributed by atoms with Crippen LogP contribution in [0.4, 0.5) is 0 Å². The van der Waals surface area contributed by atoms with E-state index in [0.717, 1.165) is 30.6 Å². The van der Waals surface area contributed by atoms with Gasteiger partial charge in [-0.25, -0.2) is 4.79 Å². The van der Waals surface area contributed by atoms with Crippen molar-refractivity contribution < 1.29 is 14.4 Å². The lowest BCUT2D eigenvalue weighted by Gasteiger charge is -2.13. The molecule has 1 aromatic carbocycles. The van der Waals surface area contributed by atoms with Gasteiger partial charge in [0.1, 0.15) is 5.69 Å². The number of carbonyl (C=O) groups is 1. The number of nitrogens with zero attached hydrogens (tertiary/aromatic N) is 2. The van der Waals surface area contributed by atoms with Crippen molar-refractivity contribution in [2.24, 2.45) is 0 Å². The van der Waals surface area contributed by atoms with Crippen molar-refractivity contribution in [3.8, 4) is 11.3 Å². The van der Waals surface area contributed by atoms with E-state index in [9.17, 15) is 4.79 Å². The minimum absolute atomic E-state index is 0.178. The summed E-state index contributed by atoms with van der Waals surface area (Å²) in [7, 11) is 2.10. The first-order valence-corrected chi connectivity index (χ1v) is 7.11. The molecule has 6 heteroatoms. The first-order valence-electron chi connectivity index (χ1n) is 6.73. The molecule has 1 aromatic heterocycles. The van der Waals surface area contributed by atoms with Gasteiger partial charge in [-0.3, -0.25) is 0 Å². The molecule has 0 saturated carbocycles. The van der Waals surface area contributed by atoms with E-state index in [1.165, 1.54) is 6.07 Å². The zero-order valence-corrected chi connectivity index (χ0v) is 12.3. The Morgan fingerprint density at radius 2 is 2.29 bits per heavy atom. The zero-order valence-electron chi connectivity index (χ0n) is 11.5. The molecule has 1 saturated heterocycles. The number of aromatic carboxylic acids is 1. The molecule has 0 bridgehead atoms. The maximum atomic E-state index is 10.8. The third kappa shape index (κ3) is 2.80. The Morgan fingerprint density at radius 1 is 1.48 bits per heavy atom. The molecule has 1 atom stereocenters. The fraction of sp³-hybridized carbons (Fsp3) is 0.333. The van der Waals surface area contributed by atoms with E-state index >= 15 is 0 Å². The van der Waals surface area contributed by atoms with Crippen molar-refractivity contribution in [1.82, 2.24) is 10.1 Å². The van der Waals surface area contributed by atoms with Crippen LogP contribution in [0.15, 0.2) is 28.8 Å². The Balaban J connectivity index is 1.88. The van der Waals surface area contributed by atoms with E-state index in [1.807, 2.05) is 18.2 Å². The summed E-state index contributed by atoms with van der Waals surface area (Å²) < 4.78 is 4.77. The predicted molar refractivity (Wildman–Crippen MR) is 78.8 cm³/mol. The minimum Gasteiger partial charge on any atom is -0.475 e. The lowest BCUT2D eigenvalue weighted by atomic mass is 9.96. The van der Waals surface area contributed by atoms with Gasteiger partial charge in [-0.05, 0) is 37.6 Å². The van der Waals surface area contributed by atoms with Crippen molar-refractivity contribution >= 4 is 17.6 Å². The van der Waals surface area contributed by atoms with Crippen molar-refractivity contribution in [2.45, 2.75) is 12.3 Å². The summed E-state index contributed by atoms with van der Waals surface area (Å²) in [4.78, 5) is 13.1. The Morgan fingerprint density at radius 3 is 2.86 bits per heavy atom. The summed E-state index contributed by atoms with van der Waals surface area (Å²) in [5.41, 5.74) is 2.36. The van der Waals surface area contributed by atoms with Gasteiger partial charge < -0.3 is 14.5 Å². The summed E-state index contributed by atoms with van der Waals surface area (Å²) in [6.07, 6.45) is 1.10. The third-order valence-electron chi connectivity index (χ3n) is 3.85. The fourth-order valence-electron chi connectivity index (χ4n) is 2.72. The van der Waals surface area contributed by atoms with Gasteiger partial charge in [0.2, 0.25) is 5.76 Å². The topological polar surface area (TPSA) is 66.6 Å². The number of carboxylic acid groups (broad SMARTS) is 1. The lowest BCUT2D eigenvalue weighted by Crippen LogP contribution is -2.13. The number of likely N-dealkylation sites (tertiary alicyclic amines) is 1. The lowest BCUT2D eigenvalue weighted by molar-refractivity contribution is 0.0652. The standard InChI is InChI=1S/C15H15ClN2O3/c1-18-5-4-10(8-18)11-3-2-9(6-12(11)16)13-7-14(15(19)20)21-17-13/h2-3,6-7,10H,4-5,8H2,1H3,(H,19,20). The van der Waals surface area contributed by atoms with Gasteiger partial charge in [-0.1, -0.05) is 28.9 Å². The third-order valence-corrected chi connectivity index (χ3v) is 4.18. The molecule has 3 rings (SSSR count). The number of likely N-dealkylation sites (N-methyl/N-ethyl adjacent to an activating group) is 1. The highest BCUT2D eigenvalue weighted by atomic mass is 35.5. The second-order valence-electron chi connectivity index (χ2n) is 5.37. The molecular formula is C15H15ClN2O3. The Kier molecular flexibility index (Phi) is 3.69. The second kappa shape index (κ2) is 5.50. The average Bonchev–Trinajstić information content (AvgIpc) is 3.07. The normalized spacial score (nSPS) is 19.0. The Hall–Kier alpha value is -1.85. The van der Waals surface area contributed by atoms with Crippen molar-refractivity contribution in [1.29, 1.82) is 0 Å². The molecule has 0 aliphatic carbocycles. The van der Waals surface area contributed by atoms with E-state index in [0.29, 0.717) is 16.6 Å². The molecule has 0 spiro atoms. The summed E-state index contributed by atoms with van der Waals surface area (Å²) in [6.45, 7) is 2.08. The van der Waals surface area contributed by atoms with Crippen LogP contribution >= 0.6 is 11.6 Å². The van der Waals surface area contributed by atoms with Crippen LogP contribution < -0.4 is 0 Å². The second-order valence-corrected chi connectivity index (χ2v) is 5.77. The first kappa shape index (κ1) is 14.1. The molecule has 2 heterocycles. The number of hydrogen-bond acceptors (Lipinski definition) is 4. The quantitative estimate of drug-likeness (QED) is 0.943. The number of benzene rings is 1. The highest BCUT2D eigenvalue weighted by molar-refractivity contribution is 6.31. The highest BCUT2D eigenvalue weighted by Crippen LogP contribution is 2.34. The van der Waals surface area contributed by atoms with Crippen LogP contribution in [0.5, 0.6) is 0 Å². The van der Waals surface area contributed by atoms with Gasteiger partial charge in [0, 0.05) is 23.2 Å². The summed E-state index contributed by atoms with van der Waals surface area (Å²) in [5.74, 6) is -0.864. The van der Waals surface area contributed by atoms with Crippen LogP contribution in [0.1, 0.15) is 28.5 Å². The van der Waals surface area contributed by atoms with Crippen LogP contribution in [0, 0.1) is 0 Å². The smallest absolute Gasteiger partial charge is 0.374 e. The highest BCUT2D eigenvalue weighted by Gasteiger charge is 2.23. The van der Waals surface area contributed by atoms with Gasteiger partial charge in [0.05, 0.1) is 0 Å². The van der Waals surface area contributed by atoms with Crippen molar-refractivity contribution in [3.63, 3.8) is 0 Å². The van der Waals surface area contributed by atoms with E-state index in [1.54, 1.807) is 0 Å². The van der Waals surface area contributed by atoms with E-state index < -0.39 is 5.97 Å². The Bertz CT molecular complexity index is 683. The number of aromatic nitrogens is 1. The van der Waals surface area contributed by atoms with Crippen molar-refractivity contribution in [3.05, 3.63) is 40.6 Å².